The Kier molecular flexibility index (Phi) is 5.14. The Hall–Kier alpha value is -2.55. The molecule has 0 spiro atoms. The first-order valence-electron chi connectivity index (χ1n) is 8.92. The van der Waals surface area contributed by atoms with E-state index in [4.69, 9.17) is 0 Å². The zero-order chi connectivity index (χ0) is 21.8. The van der Waals surface area contributed by atoms with Gasteiger partial charge in [-0.1, -0.05) is 42.6 Å². The summed E-state index contributed by atoms with van der Waals surface area (Å²) in [5, 5.41) is 8.32. The van der Waals surface area contributed by atoms with E-state index in [1.54, 1.807) is 0 Å². The van der Waals surface area contributed by atoms with Crippen molar-refractivity contribution in [3.63, 3.8) is 0 Å². The van der Waals surface area contributed by atoms with Crippen molar-refractivity contribution in [2.75, 3.05) is 0 Å². The summed E-state index contributed by atoms with van der Waals surface area (Å²) in [6.07, 6.45) is 0. The Balaban J connectivity index is 2.43. The standard InChI is InChI=1S/C20H20F5N3Si/c1-9-7-10(2)12(11(3)8-9)18-20(29(4,5)6)28(27-26-18)19-16(24)14(22)13(21)15(23)17(19)25/h7-8H,1-6H3. The summed E-state index contributed by atoms with van der Waals surface area (Å²) in [4.78, 5) is 0. The average Bonchev–Trinajstić information content (AvgIpc) is 3.02. The van der Waals surface area contributed by atoms with Gasteiger partial charge >= 0.3 is 0 Å². The summed E-state index contributed by atoms with van der Waals surface area (Å²) in [7, 11) is -2.42. The summed E-state index contributed by atoms with van der Waals surface area (Å²) in [5.41, 5.74) is 2.81. The van der Waals surface area contributed by atoms with Crippen LogP contribution in [-0.4, -0.2) is 23.1 Å². The van der Waals surface area contributed by atoms with Gasteiger partial charge in [-0.3, -0.25) is 0 Å². The van der Waals surface area contributed by atoms with Gasteiger partial charge in [-0.15, -0.1) is 5.10 Å². The van der Waals surface area contributed by atoms with E-state index in [9.17, 15) is 22.0 Å². The predicted molar refractivity (Wildman–Crippen MR) is 104 cm³/mol. The quantitative estimate of drug-likeness (QED) is 0.253. The second-order valence-electron chi connectivity index (χ2n) is 8.14. The van der Waals surface area contributed by atoms with E-state index >= 15 is 0 Å². The molecule has 2 aromatic carbocycles. The number of benzene rings is 2. The Morgan fingerprint density at radius 1 is 0.759 bits per heavy atom. The highest BCUT2D eigenvalue weighted by molar-refractivity contribution is 6.89. The summed E-state index contributed by atoms with van der Waals surface area (Å²) < 4.78 is 70.9. The Bertz CT molecular complexity index is 1080. The predicted octanol–water partition coefficient (Wildman–Crippen LogP) is 5.10. The van der Waals surface area contributed by atoms with Gasteiger partial charge in [-0.05, 0) is 31.9 Å². The van der Waals surface area contributed by atoms with E-state index in [2.05, 4.69) is 10.3 Å². The fourth-order valence-electron chi connectivity index (χ4n) is 3.61. The third-order valence-electron chi connectivity index (χ3n) is 4.69. The largest absolute Gasteiger partial charge is 0.215 e. The van der Waals surface area contributed by atoms with Crippen molar-refractivity contribution >= 4 is 13.4 Å². The van der Waals surface area contributed by atoms with Crippen LogP contribution in [0.3, 0.4) is 0 Å². The van der Waals surface area contributed by atoms with Crippen molar-refractivity contribution in [3.8, 4) is 16.9 Å². The minimum Gasteiger partial charge on any atom is -0.215 e. The van der Waals surface area contributed by atoms with Gasteiger partial charge in [0.15, 0.2) is 23.3 Å². The second kappa shape index (κ2) is 7.05. The molecule has 9 heteroatoms. The number of aryl methyl sites for hydroxylation is 3. The molecule has 1 heterocycles. The van der Waals surface area contributed by atoms with Crippen LogP contribution in [0.1, 0.15) is 16.7 Å². The molecule has 0 saturated heterocycles. The van der Waals surface area contributed by atoms with Crippen molar-refractivity contribution in [1.29, 1.82) is 0 Å². The van der Waals surface area contributed by atoms with Gasteiger partial charge in [-0.2, -0.15) is 0 Å². The lowest BCUT2D eigenvalue weighted by Gasteiger charge is -2.21. The monoisotopic (exact) mass is 425 g/mol. The van der Waals surface area contributed by atoms with Gasteiger partial charge < -0.3 is 0 Å². The maximum absolute atomic E-state index is 14.5. The minimum absolute atomic E-state index is 0.371. The molecule has 0 aliphatic heterocycles. The number of nitrogens with zero attached hydrogens (tertiary/aromatic N) is 3. The van der Waals surface area contributed by atoms with E-state index in [0.717, 1.165) is 26.9 Å². The second-order valence-corrected chi connectivity index (χ2v) is 13.1. The SMILES string of the molecule is Cc1cc(C)c(-c2nnn(-c3c(F)c(F)c(F)c(F)c3F)c2[Si](C)(C)C)c(C)c1. The van der Waals surface area contributed by atoms with Crippen LogP contribution >= 0.6 is 0 Å². The number of hydrogen-bond donors (Lipinski definition) is 0. The van der Waals surface area contributed by atoms with Crippen LogP contribution in [0.2, 0.25) is 19.6 Å². The molecule has 3 nitrogen and oxygen atoms in total. The fraction of sp³-hybridized carbons (Fsp3) is 0.300. The van der Waals surface area contributed by atoms with Gasteiger partial charge in [0.2, 0.25) is 5.82 Å². The van der Waals surface area contributed by atoms with Gasteiger partial charge in [0.05, 0.1) is 5.32 Å². The molecule has 0 radical (unpaired) electrons. The van der Waals surface area contributed by atoms with E-state index in [-0.39, 0.29) is 0 Å². The van der Waals surface area contributed by atoms with Crippen molar-refractivity contribution in [2.45, 2.75) is 40.4 Å². The minimum atomic E-state index is -2.42. The topological polar surface area (TPSA) is 30.7 Å². The molecule has 0 fully saturated rings. The van der Waals surface area contributed by atoms with Gasteiger partial charge in [0, 0.05) is 5.56 Å². The van der Waals surface area contributed by atoms with Gasteiger partial charge in [0.1, 0.15) is 19.5 Å². The molecule has 3 rings (SSSR count). The first kappa shape index (κ1) is 21.2. The van der Waals surface area contributed by atoms with Crippen LogP contribution in [0.25, 0.3) is 16.9 Å². The fourth-order valence-corrected chi connectivity index (χ4v) is 5.29. The molecule has 0 amide bonds. The van der Waals surface area contributed by atoms with Crippen molar-refractivity contribution in [2.24, 2.45) is 0 Å². The summed E-state index contributed by atoms with van der Waals surface area (Å²) in [6.45, 7) is 11.3. The van der Waals surface area contributed by atoms with Crippen molar-refractivity contribution in [3.05, 3.63) is 57.9 Å². The molecule has 0 saturated carbocycles. The van der Waals surface area contributed by atoms with Crippen LogP contribution in [0, 0.1) is 49.9 Å². The molecule has 0 unspecified atom stereocenters. The van der Waals surface area contributed by atoms with E-state index in [1.165, 1.54) is 0 Å². The van der Waals surface area contributed by atoms with Crippen LogP contribution < -0.4 is 5.32 Å². The zero-order valence-electron chi connectivity index (χ0n) is 16.9. The first-order valence-corrected chi connectivity index (χ1v) is 12.4. The summed E-state index contributed by atoms with van der Waals surface area (Å²) in [6, 6.07) is 3.88. The lowest BCUT2D eigenvalue weighted by Crippen LogP contribution is -2.44. The van der Waals surface area contributed by atoms with Gasteiger partial charge in [-0.25, -0.2) is 26.6 Å². The van der Waals surface area contributed by atoms with Crippen molar-refractivity contribution < 1.29 is 22.0 Å². The molecule has 154 valence electrons. The first-order chi connectivity index (χ1) is 13.4. The van der Waals surface area contributed by atoms with E-state index in [1.807, 2.05) is 52.5 Å². The van der Waals surface area contributed by atoms with E-state index < -0.39 is 42.8 Å². The van der Waals surface area contributed by atoms with Crippen LogP contribution in [0.5, 0.6) is 0 Å². The molecule has 0 N–H and O–H groups in total. The Labute approximate surface area is 166 Å². The molecular weight excluding hydrogens is 405 g/mol. The number of halogens is 5. The average molecular weight is 425 g/mol. The lowest BCUT2D eigenvalue weighted by atomic mass is 9.98. The van der Waals surface area contributed by atoms with Crippen molar-refractivity contribution in [1.82, 2.24) is 15.0 Å². The Morgan fingerprint density at radius 2 is 1.21 bits per heavy atom. The molecule has 0 aliphatic carbocycles. The van der Waals surface area contributed by atoms with Crippen LogP contribution in [0.4, 0.5) is 22.0 Å². The lowest BCUT2D eigenvalue weighted by molar-refractivity contribution is 0.373. The third kappa shape index (κ3) is 3.37. The molecule has 29 heavy (non-hydrogen) atoms. The molecule has 3 aromatic rings. The van der Waals surface area contributed by atoms with Crippen LogP contribution in [0.15, 0.2) is 12.1 Å². The number of rotatable bonds is 3. The zero-order valence-corrected chi connectivity index (χ0v) is 17.9. The third-order valence-corrected chi connectivity index (χ3v) is 6.56. The molecule has 0 atom stereocenters. The highest BCUT2D eigenvalue weighted by Crippen LogP contribution is 2.30. The molecular formula is C20H20F5N3Si. The van der Waals surface area contributed by atoms with Crippen LogP contribution in [-0.2, 0) is 0 Å². The number of hydrogen-bond acceptors (Lipinski definition) is 2. The molecule has 1 aromatic heterocycles. The Morgan fingerprint density at radius 3 is 1.66 bits per heavy atom. The maximum Gasteiger partial charge on any atom is 0.200 e. The molecule has 0 bridgehead atoms. The summed E-state index contributed by atoms with van der Waals surface area (Å²) >= 11 is 0. The smallest absolute Gasteiger partial charge is 0.200 e. The highest BCUT2D eigenvalue weighted by atomic mass is 28.3. The van der Waals surface area contributed by atoms with Gasteiger partial charge in [0.25, 0.3) is 0 Å². The maximum atomic E-state index is 14.5. The molecule has 0 aliphatic rings. The van der Waals surface area contributed by atoms with E-state index in [0.29, 0.717) is 11.0 Å². The highest BCUT2D eigenvalue weighted by Gasteiger charge is 2.35. The normalized spacial score (nSPS) is 12.0. The summed E-state index contributed by atoms with van der Waals surface area (Å²) in [5.74, 6) is -10.1. The number of aromatic nitrogens is 3.